The third-order valence-corrected chi connectivity index (χ3v) is 3.79. The van der Waals surface area contributed by atoms with Gasteiger partial charge < -0.3 is 20.1 Å². The van der Waals surface area contributed by atoms with E-state index in [0.717, 1.165) is 38.6 Å². The van der Waals surface area contributed by atoms with Gasteiger partial charge in [-0.3, -0.25) is 4.99 Å². The number of hydrogen-bond acceptors (Lipinski definition) is 3. The molecule has 1 aromatic rings. The molecule has 0 bridgehead atoms. The summed E-state index contributed by atoms with van der Waals surface area (Å²) in [6, 6.07) is 8.91. The van der Waals surface area contributed by atoms with Gasteiger partial charge in [-0.25, -0.2) is 0 Å². The summed E-state index contributed by atoms with van der Waals surface area (Å²) in [4.78, 5) is 4.21. The smallest absolute Gasteiger partial charge is 0.191 e. The molecule has 5 nitrogen and oxygen atoms in total. The van der Waals surface area contributed by atoms with E-state index in [1.54, 1.807) is 7.05 Å². The monoisotopic (exact) mass is 447 g/mol. The van der Waals surface area contributed by atoms with Crippen molar-refractivity contribution in [3.05, 3.63) is 35.4 Å². The number of guanidine groups is 1. The highest BCUT2D eigenvalue weighted by molar-refractivity contribution is 14.0. The number of aliphatic imine (C=N–C) groups is 1. The molecule has 6 heteroatoms. The summed E-state index contributed by atoms with van der Waals surface area (Å²) in [5.74, 6) is 0.826. The second-order valence-electron chi connectivity index (χ2n) is 6.16. The first-order valence-corrected chi connectivity index (χ1v) is 8.41. The molecular formula is C18H30IN3O2. The molecule has 1 fully saturated rings. The van der Waals surface area contributed by atoms with Gasteiger partial charge in [-0.05, 0) is 37.8 Å². The number of benzene rings is 1. The zero-order valence-corrected chi connectivity index (χ0v) is 17.2. The van der Waals surface area contributed by atoms with Crippen LogP contribution in [0.2, 0.25) is 0 Å². The minimum absolute atomic E-state index is 0. The summed E-state index contributed by atoms with van der Waals surface area (Å²) in [6.07, 6.45) is 2.35. The van der Waals surface area contributed by atoms with Gasteiger partial charge in [0.05, 0.1) is 12.7 Å². The first kappa shape index (κ1) is 21.2. The van der Waals surface area contributed by atoms with Crippen molar-refractivity contribution in [3.63, 3.8) is 0 Å². The topological polar surface area (TPSA) is 54.9 Å². The maximum absolute atomic E-state index is 5.94. The van der Waals surface area contributed by atoms with Crippen molar-refractivity contribution in [1.29, 1.82) is 0 Å². The Balaban J connectivity index is 0.00000288. The van der Waals surface area contributed by atoms with E-state index in [1.165, 1.54) is 11.1 Å². The maximum Gasteiger partial charge on any atom is 0.191 e. The Morgan fingerprint density at radius 2 is 1.83 bits per heavy atom. The molecule has 0 unspecified atom stereocenters. The Kier molecular flexibility index (Phi) is 10.3. The molecule has 1 aliphatic heterocycles. The van der Waals surface area contributed by atoms with Crippen LogP contribution >= 0.6 is 24.0 Å². The number of halogens is 1. The molecule has 0 saturated carbocycles. The first-order valence-electron chi connectivity index (χ1n) is 8.41. The van der Waals surface area contributed by atoms with Gasteiger partial charge in [-0.1, -0.05) is 24.3 Å². The van der Waals surface area contributed by atoms with Crippen LogP contribution in [0.25, 0.3) is 0 Å². The summed E-state index contributed by atoms with van der Waals surface area (Å²) >= 11 is 0. The third kappa shape index (κ3) is 7.81. The normalized spacial score (nSPS) is 15.9. The lowest BCUT2D eigenvalue weighted by atomic mass is 10.1. The summed E-state index contributed by atoms with van der Waals surface area (Å²) < 4.78 is 11.3. The van der Waals surface area contributed by atoms with Crippen LogP contribution < -0.4 is 10.6 Å². The third-order valence-electron chi connectivity index (χ3n) is 3.79. The second-order valence-corrected chi connectivity index (χ2v) is 6.16. The van der Waals surface area contributed by atoms with Crippen LogP contribution in [0.5, 0.6) is 0 Å². The van der Waals surface area contributed by atoms with Gasteiger partial charge >= 0.3 is 0 Å². The van der Waals surface area contributed by atoms with Crippen LogP contribution in [0.1, 0.15) is 37.8 Å². The molecule has 0 amide bonds. The number of nitrogens with one attached hydrogen (secondary N) is 2. The largest absolute Gasteiger partial charge is 0.381 e. The molecule has 0 atom stereocenters. The van der Waals surface area contributed by atoms with Crippen LogP contribution in [0.4, 0.5) is 0 Å². The average Bonchev–Trinajstić information content (AvgIpc) is 2.58. The predicted molar refractivity (Wildman–Crippen MR) is 109 cm³/mol. The Morgan fingerprint density at radius 3 is 2.42 bits per heavy atom. The molecular weight excluding hydrogens is 417 g/mol. The lowest BCUT2D eigenvalue weighted by Gasteiger charge is -2.22. The fraction of sp³-hybridized carbons (Fsp3) is 0.611. The quantitative estimate of drug-likeness (QED) is 0.400. The minimum Gasteiger partial charge on any atom is -0.381 e. The Bertz CT molecular complexity index is 486. The predicted octanol–water partition coefficient (Wildman–Crippen LogP) is 3.07. The SMILES string of the molecule is CN=C(NCc1ccc(COC2CCOCC2)cc1)NC(C)C.I. The molecule has 2 N–H and O–H groups in total. The van der Waals surface area contributed by atoms with Gasteiger partial charge in [-0.2, -0.15) is 0 Å². The van der Waals surface area contributed by atoms with E-state index in [1.807, 2.05) is 0 Å². The van der Waals surface area contributed by atoms with Crippen LogP contribution in [0.3, 0.4) is 0 Å². The van der Waals surface area contributed by atoms with Crippen LogP contribution in [-0.2, 0) is 22.6 Å². The molecule has 1 aromatic carbocycles. The van der Waals surface area contributed by atoms with Crippen molar-refractivity contribution in [1.82, 2.24) is 10.6 Å². The van der Waals surface area contributed by atoms with Gasteiger partial charge in [0.1, 0.15) is 0 Å². The van der Waals surface area contributed by atoms with Gasteiger partial charge in [-0.15, -0.1) is 24.0 Å². The molecule has 2 rings (SSSR count). The average molecular weight is 447 g/mol. The summed E-state index contributed by atoms with van der Waals surface area (Å²) in [7, 11) is 1.79. The molecule has 0 radical (unpaired) electrons. The molecule has 24 heavy (non-hydrogen) atoms. The van der Waals surface area contributed by atoms with Gasteiger partial charge in [0, 0.05) is 32.8 Å². The number of hydrogen-bond donors (Lipinski definition) is 2. The molecule has 1 aliphatic rings. The molecule has 0 spiro atoms. The van der Waals surface area contributed by atoms with Crippen molar-refractivity contribution >= 4 is 29.9 Å². The van der Waals surface area contributed by atoms with Crippen molar-refractivity contribution in [2.75, 3.05) is 20.3 Å². The second kappa shape index (κ2) is 11.7. The molecule has 0 aromatic heterocycles. The van der Waals surface area contributed by atoms with Crippen molar-refractivity contribution in [2.24, 2.45) is 4.99 Å². The van der Waals surface area contributed by atoms with Gasteiger partial charge in [0.2, 0.25) is 0 Å². The maximum atomic E-state index is 5.94. The highest BCUT2D eigenvalue weighted by Gasteiger charge is 2.13. The Hall–Kier alpha value is -0.860. The zero-order chi connectivity index (χ0) is 16.5. The molecule has 136 valence electrons. The lowest BCUT2D eigenvalue weighted by molar-refractivity contribution is -0.0390. The van der Waals surface area contributed by atoms with E-state index in [4.69, 9.17) is 9.47 Å². The Morgan fingerprint density at radius 1 is 1.21 bits per heavy atom. The van der Waals surface area contributed by atoms with E-state index < -0.39 is 0 Å². The Labute approximate surface area is 162 Å². The fourth-order valence-corrected chi connectivity index (χ4v) is 2.46. The van der Waals surface area contributed by atoms with Crippen LogP contribution in [0.15, 0.2) is 29.3 Å². The highest BCUT2D eigenvalue weighted by atomic mass is 127. The van der Waals surface area contributed by atoms with E-state index >= 15 is 0 Å². The zero-order valence-electron chi connectivity index (χ0n) is 14.9. The lowest BCUT2D eigenvalue weighted by Crippen LogP contribution is -2.40. The first-order chi connectivity index (χ1) is 11.2. The number of rotatable bonds is 6. The van der Waals surface area contributed by atoms with Crippen molar-refractivity contribution in [3.8, 4) is 0 Å². The van der Waals surface area contributed by atoms with Crippen LogP contribution in [-0.4, -0.2) is 38.4 Å². The van der Waals surface area contributed by atoms with Gasteiger partial charge in [0.25, 0.3) is 0 Å². The standard InChI is InChI=1S/C18H29N3O2.HI/c1-14(2)21-18(19-3)20-12-15-4-6-16(7-5-15)13-23-17-8-10-22-11-9-17;/h4-7,14,17H,8-13H2,1-3H3,(H2,19,20,21);1H. The molecule has 0 aliphatic carbocycles. The van der Waals surface area contributed by atoms with Crippen molar-refractivity contribution in [2.45, 2.75) is 52.0 Å². The summed E-state index contributed by atoms with van der Waals surface area (Å²) in [6.45, 7) is 7.27. The van der Waals surface area contributed by atoms with Crippen molar-refractivity contribution < 1.29 is 9.47 Å². The molecule has 1 heterocycles. The van der Waals surface area contributed by atoms with Crippen LogP contribution in [0, 0.1) is 0 Å². The fourth-order valence-electron chi connectivity index (χ4n) is 2.46. The number of nitrogens with zero attached hydrogens (tertiary/aromatic N) is 1. The summed E-state index contributed by atoms with van der Waals surface area (Å²) in [5, 5.41) is 6.59. The highest BCUT2D eigenvalue weighted by Crippen LogP contribution is 2.14. The molecule has 1 saturated heterocycles. The van der Waals surface area contributed by atoms with E-state index in [9.17, 15) is 0 Å². The van der Waals surface area contributed by atoms with Gasteiger partial charge in [0.15, 0.2) is 5.96 Å². The van der Waals surface area contributed by atoms with E-state index in [-0.39, 0.29) is 24.0 Å². The number of ether oxygens (including phenoxy) is 2. The summed E-state index contributed by atoms with van der Waals surface area (Å²) in [5.41, 5.74) is 2.44. The van der Waals surface area contributed by atoms with E-state index in [2.05, 4.69) is 53.7 Å². The van der Waals surface area contributed by atoms with E-state index in [0.29, 0.717) is 18.8 Å². The minimum atomic E-state index is 0.